The quantitative estimate of drug-likeness (QED) is 0.722. The highest BCUT2D eigenvalue weighted by Crippen LogP contribution is 2.28. The average Bonchev–Trinajstić information content (AvgIpc) is 3.33. The fourth-order valence-corrected chi connectivity index (χ4v) is 2.07. The van der Waals surface area contributed by atoms with Crippen molar-refractivity contribution in [3.8, 4) is 0 Å². The Labute approximate surface area is 131 Å². The Kier molecular flexibility index (Phi) is 5.81. The molecule has 1 aromatic rings. The number of benzene rings is 1. The number of carbonyl (C=O) groups excluding carboxylic acids is 2. The first-order valence-electron chi connectivity index (χ1n) is 7.92. The van der Waals surface area contributed by atoms with E-state index in [4.69, 9.17) is 0 Å². The molecule has 3 amide bonds. The lowest BCUT2D eigenvalue weighted by Crippen LogP contribution is -2.37. The van der Waals surface area contributed by atoms with Crippen molar-refractivity contribution in [1.82, 2.24) is 16.0 Å². The van der Waals surface area contributed by atoms with Crippen LogP contribution >= 0.6 is 0 Å². The predicted octanol–water partition coefficient (Wildman–Crippen LogP) is 2.17. The third-order valence-corrected chi connectivity index (χ3v) is 3.53. The minimum Gasteiger partial charge on any atom is -0.352 e. The molecule has 0 unspecified atom stereocenters. The second kappa shape index (κ2) is 7.82. The SMILES string of the molecule is CC(C)CNC(=O)NCc1cccc(CNC(=O)C2CC2)c1. The highest BCUT2D eigenvalue weighted by molar-refractivity contribution is 5.80. The summed E-state index contributed by atoms with van der Waals surface area (Å²) >= 11 is 0. The fourth-order valence-electron chi connectivity index (χ4n) is 2.07. The normalized spacial score (nSPS) is 13.8. The molecule has 120 valence electrons. The Hall–Kier alpha value is -2.04. The van der Waals surface area contributed by atoms with Crippen molar-refractivity contribution in [2.24, 2.45) is 11.8 Å². The first-order valence-corrected chi connectivity index (χ1v) is 7.92. The smallest absolute Gasteiger partial charge is 0.315 e. The van der Waals surface area contributed by atoms with Gasteiger partial charge < -0.3 is 16.0 Å². The van der Waals surface area contributed by atoms with Gasteiger partial charge in [-0.15, -0.1) is 0 Å². The van der Waals surface area contributed by atoms with Gasteiger partial charge in [-0.1, -0.05) is 38.1 Å². The second-order valence-corrected chi connectivity index (χ2v) is 6.27. The van der Waals surface area contributed by atoms with Crippen LogP contribution in [-0.2, 0) is 17.9 Å². The van der Waals surface area contributed by atoms with Crippen molar-refractivity contribution in [3.63, 3.8) is 0 Å². The van der Waals surface area contributed by atoms with Crippen LogP contribution in [0.4, 0.5) is 4.79 Å². The van der Waals surface area contributed by atoms with Gasteiger partial charge >= 0.3 is 6.03 Å². The molecule has 0 saturated heterocycles. The van der Waals surface area contributed by atoms with E-state index in [-0.39, 0.29) is 17.9 Å². The van der Waals surface area contributed by atoms with Crippen LogP contribution in [0.2, 0.25) is 0 Å². The minimum absolute atomic E-state index is 0.150. The third-order valence-electron chi connectivity index (χ3n) is 3.53. The summed E-state index contributed by atoms with van der Waals surface area (Å²) in [5.74, 6) is 0.815. The molecule has 1 aliphatic rings. The number of urea groups is 1. The molecule has 0 heterocycles. The summed E-state index contributed by atoms with van der Waals surface area (Å²) in [6.45, 7) is 5.80. The summed E-state index contributed by atoms with van der Waals surface area (Å²) in [5, 5.41) is 8.60. The summed E-state index contributed by atoms with van der Waals surface area (Å²) in [5.41, 5.74) is 2.08. The van der Waals surface area contributed by atoms with Gasteiger partial charge in [-0.05, 0) is 29.9 Å². The van der Waals surface area contributed by atoms with Crippen molar-refractivity contribution < 1.29 is 9.59 Å². The lowest BCUT2D eigenvalue weighted by atomic mass is 10.1. The maximum Gasteiger partial charge on any atom is 0.315 e. The molecule has 3 N–H and O–H groups in total. The topological polar surface area (TPSA) is 70.2 Å². The summed E-state index contributed by atoms with van der Waals surface area (Å²) < 4.78 is 0. The van der Waals surface area contributed by atoms with Crippen molar-refractivity contribution in [2.45, 2.75) is 39.8 Å². The lowest BCUT2D eigenvalue weighted by molar-refractivity contribution is -0.122. The predicted molar refractivity (Wildman–Crippen MR) is 86.1 cm³/mol. The van der Waals surface area contributed by atoms with Crippen molar-refractivity contribution in [1.29, 1.82) is 0 Å². The van der Waals surface area contributed by atoms with E-state index in [9.17, 15) is 9.59 Å². The molecule has 5 nitrogen and oxygen atoms in total. The first kappa shape index (κ1) is 16.3. The molecule has 0 atom stereocenters. The van der Waals surface area contributed by atoms with Gasteiger partial charge in [0.05, 0.1) is 0 Å². The summed E-state index contributed by atoms with van der Waals surface area (Å²) in [4.78, 5) is 23.3. The molecular formula is C17H25N3O2. The highest BCUT2D eigenvalue weighted by atomic mass is 16.2. The molecule has 22 heavy (non-hydrogen) atoms. The molecule has 1 fully saturated rings. The van der Waals surface area contributed by atoms with E-state index in [0.717, 1.165) is 24.0 Å². The van der Waals surface area contributed by atoms with Gasteiger partial charge in [-0.2, -0.15) is 0 Å². The Balaban J connectivity index is 1.75. The number of hydrogen-bond acceptors (Lipinski definition) is 2. The highest BCUT2D eigenvalue weighted by Gasteiger charge is 2.29. The van der Waals surface area contributed by atoms with Gasteiger partial charge in [0, 0.05) is 25.6 Å². The minimum atomic E-state index is -0.152. The Morgan fingerprint density at radius 2 is 1.73 bits per heavy atom. The third kappa shape index (κ3) is 5.76. The number of carbonyl (C=O) groups is 2. The molecule has 1 aromatic carbocycles. The molecule has 2 rings (SSSR count). The van der Waals surface area contributed by atoms with E-state index < -0.39 is 0 Å². The van der Waals surface area contributed by atoms with Gasteiger partial charge in [0.2, 0.25) is 5.91 Å². The largest absolute Gasteiger partial charge is 0.352 e. The maximum atomic E-state index is 11.6. The fraction of sp³-hybridized carbons (Fsp3) is 0.529. The van der Waals surface area contributed by atoms with E-state index in [1.807, 2.05) is 24.3 Å². The molecule has 1 saturated carbocycles. The van der Waals surface area contributed by atoms with Crippen LogP contribution in [0.5, 0.6) is 0 Å². The summed E-state index contributed by atoms with van der Waals surface area (Å²) in [6.07, 6.45) is 2.03. The first-order chi connectivity index (χ1) is 10.5. The van der Waals surface area contributed by atoms with Gasteiger partial charge in [0.25, 0.3) is 0 Å². The molecular weight excluding hydrogens is 278 g/mol. The van der Waals surface area contributed by atoms with E-state index >= 15 is 0 Å². The van der Waals surface area contributed by atoms with E-state index in [0.29, 0.717) is 25.6 Å². The van der Waals surface area contributed by atoms with Gasteiger partial charge in [0.1, 0.15) is 0 Å². The van der Waals surface area contributed by atoms with E-state index in [1.165, 1.54) is 0 Å². The average molecular weight is 303 g/mol. The summed E-state index contributed by atoms with van der Waals surface area (Å²) in [6, 6.07) is 7.75. The van der Waals surface area contributed by atoms with Gasteiger partial charge in [0.15, 0.2) is 0 Å². The van der Waals surface area contributed by atoms with E-state index in [1.54, 1.807) is 0 Å². The molecule has 0 spiro atoms. The van der Waals surface area contributed by atoms with Crippen LogP contribution < -0.4 is 16.0 Å². The molecule has 0 aliphatic heterocycles. The van der Waals surface area contributed by atoms with Crippen LogP contribution in [-0.4, -0.2) is 18.5 Å². The number of nitrogens with one attached hydrogen (secondary N) is 3. The number of amides is 3. The van der Waals surface area contributed by atoms with Crippen LogP contribution in [0, 0.1) is 11.8 Å². The zero-order valence-electron chi connectivity index (χ0n) is 13.3. The Morgan fingerprint density at radius 1 is 1.09 bits per heavy atom. The van der Waals surface area contributed by atoms with Crippen LogP contribution in [0.1, 0.15) is 37.8 Å². The van der Waals surface area contributed by atoms with Crippen LogP contribution in [0.3, 0.4) is 0 Å². The molecule has 0 radical (unpaired) electrons. The number of rotatable bonds is 7. The maximum absolute atomic E-state index is 11.6. The van der Waals surface area contributed by atoms with Gasteiger partial charge in [-0.25, -0.2) is 4.79 Å². The number of hydrogen-bond donors (Lipinski definition) is 3. The lowest BCUT2D eigenvalue weighted by Gasteiger charge is -2.10. The molecule has 5 heteroatoms. The Morgan fingerprint density at radius 3 is 2.32 bits per heavy atom. The Bertz CT molecular complexity index is 524. The van der Waals surface area contributed by atoms with Crippen molar-refractivity contribution >= 4 is 11.9 Å². The standard InChI is InChI=1S/C17H25N3O2/c1-12(2)9-19-17(22)20-11-14-5-3-4-13(8-14)10-18-16(21)15-6-7-15/h3-5,8,12,15H,6-7,9-11H2,1-2H3,(H,18,21)(H2,19,20,22). The zero-order valence-corrected chi connectivity index (χ0v) is 13.3. The van der Waals surface area contributed by atoms with Crippen LogP contribution in [0.15, 0.2) is 24.3 Å². The molecule has 0 aromatic heterocycles. The van der Waals surface area contributed by atoms with E-state index in [2.05, 4.69) is 29.8 Å². The molecule has 1 aliphatic carbocycles. The van der Waals surface area contributed by atoms with Crippen molar-refractivity contribution in [3.05, 3.63) is 35.4 Å². The van der Waals surface area contributed by atoms with Gasteiger partial charge in [-0.3, -0.25) is 4.79 Å². The molecule has 0 bridgehead atoms. The van der Waals surface area contributed by atoms with Crippen molar-refractivity contribution in [2.75, 3.05) is 6.54 Å². The summed E-state index contributed by atoms with van der Waals surface area (Å²) in [7, 11) is 0. The van der Waals surface area contributed by atoms with Crippen LogP contribution in [0.25, 0.3) is 0 Å². The zero-order chi connectivity index (χ0) is 15.9. The monoisotopic (exact) mass is 303 g/mol. The second-order valence-electron chi connectivity index (χ2n) is 6.27.